The number of hydrogen-bond donors (Lipinski definition) is 1. The molecule has 0 spiro atoms. The molecule has 1 aliphatic rings. The fraction of sp³-hybridized carbons (Fsp3) is 0.375. The first kappa shape index (κ1) is 12.9. The lowest BCUT2D eigenvalue weighted by Crippen LogP contribution is -2.24. The van der Waals surface area contributed by atoms with E-state index in [0.29, 0.717) is 5.82 Å². The molecule has 2 heterocycles. The molecule has 0 atom stereocenters. The number of hydrogen-bond acceptors (Lipinski definition) is 4. The second-order valence-electron chi connectivity index (χ2n) is 5.21. The molecule has 0 bridgehead atoms. The molecule has 1 aromatic heterocycles. The zero-order valence-electron chi connectivity index (χ0n) is 11.8. The highest BCUT2D eigenvalue weighted by molar-refractivity contribution is 5.48. The van der Waals surface area contributed by atoms with Gasteiger partial charge in [-0.15, -0.1) is 0 Å². The van der Waals surface area contributed by atoms with Gasteiger partial charge in [-0.2, -0.15) is 0 Å². The predicted octanol–water partition coefficient (Wildman–Crippen LogP) is 2.57. The third kappa shape index (κ3) is 2.59. The zero-order valence-corrected chi connectivity index (χ0v) is 11.8. The summed E-state index contributed by atoms with van der Waals surface area (Å²) in [5.74, 6) is 2.33. The van der Waals surface area contributed by atoms with E-state index in [9.17, 15) is 0 Å². The molecule has 1 aromatic carbocycles. The standard InChI is InChI=1S/C16H20N4/c1-2-15-18-14(17)10-16(19-15)20-9-5-8-12-6-3-4-7-13(12)11-20/h3-4,6-7,10H,2,5,8-9,11H2,1H3,(H2,17,18,19). The van der Waals surface area contributed by atoms with Gasteiger partial charge < -0.3 is 10.6 Å². The number of aromatic nitrogens is 2. The molecule has 0 radical (unpaired) electrons. The molecule has 0 aliphatic carbocycles. The fourth-order valence-electron chi connectivity index (χ4n) is 2.72. The van der Waals surface area contributed by atoms with E-state index in [4.69, 9.17) is 5.73 Å². The molecule has 1 aliphatic heterocycles. The Labute approximate surface area is 119 Å². The molecule has 4 heteroatoms. The topological polar surface area (TPSA) is 55.0 Å². The summed E-state index contributed by atoms with van der Waals surface area (Å²) in [4.78, 5) is 11.2. The second-order valence-corrected chi connectivity index (χ2v) is 5.21. The molecule has 3 rings (SSSR count). The number of benzene rings is 1. The molecular formula is C16H20N4. The molecule has 104 valence electrons. The van der Waals surface area contributed by atoms with Gasteiger partial charge in [0.1, 0.15) is 17.5 Å². The van der Waals surface area contributed by atoms with E-state index < -0.39 is 0 Å². The smallest absolute Gasteiger partial charge is 0.134 e. The van der Waals surface area contributed by atoms with Crippen molar-refractivity contribution >= 4 is 11.6 Å². The molecule has 20 heavy (non-hydrogen) atoms. The van der Waals surface area contributed by atoms with Crippen molar-refractivity contribution in [3.63, 3.8) is 0 Å². The van der Waals surface area contributed by atoms with Crippen LogP contribution in [0.1, 0.15) is 30.3 Å². The van der Waals surface area contributed by atoms with Gasteiger partial charge in [-0.1, -0.05) is 31.2 Å². The third-order valence-electron chi connectivity index (χ3n) is 3.77. The minimum atomic E-state index is 0.560. The lowest BCUT2D eigenvalue weighted by molar-refractivity contribution is 0.747. The maximum Gasteiger partial charge on any atom is 0.134 e. The van der Waals surface area contributed by atoms with Crippen LogP contribution in [0.25, 0.3) is 0 Å². The van der Waals surface area contributed by atoms with Crippen LogP contribution in [0.5, 0.6) is 0 Å². The SMILES string of the molecule is CCc1nc(N)cc(N2CCCc3ccccc3C2)n1. The Balaban J connectivity index is 1.93. The summed E-state index contributed by atoms with van der Waals surface area (Å²) < 4.78 is 0. The number of nitrogens with two attached hydrogens (primary N) is 1. The van der Waals surface area contributed by atoms with Crippen LogP contribution in [0.3, 0.4) is 0 Å². The Bertz CT molecular complexity index is 609. The summed E-state index contributed by atoms with van der Waals surface area (Å²) in [5.41, 5.74) is 8.74. The Hall–Kier alpha value is -2.10. The fourth-order valence-corrected chi connectivity index (χ4v) is 2.72. The maximum absolute atomic E-state index is 5.90. The van der Waals surface area contributed by atoms with Gasteiger partial charge in [0.05, 0.1) is 0 Å². The first-order valence-corrected chi connectivity index (χ1v) is 7.21. The third-order valence-corrected chi connectivity index (χ3v) is 3.77. The van der Waals surface area contributed by atoms with Crippen molar-refractivity contribution in [2.24, 2.45) is 0 Å². The van der Waals surface area contributed by atoms with Crippen molar-refractivity contribution in [3.8, 4) is 0 Å². The predicted molar refractivity (Wildman–Crippen MR) is 81.6 cm³/mol. The van der Waals surface area contributed by atoms with Crippen LogP contribution in [-0.2, 0) is 19.4 Å². The van der Waals surface area contributed by atoms with Crippen LogP contribution in [0.15, 0.2) is 30.3 Å². The molecule has 2 N–H and O–H groups in total. The quantitative estimate of drug-likeness (QED) is 0.909. The number of aryl methyl sites for hydroxylation is 2. The van der Waals surface area contributed by atoms with Crippen LogP contribution in [0.4, 0.5) is 11.6 Å². The van der Waals surface area contributed by atoms with Crippen molar-refractivity contribution in [2.45, 2.75) is 32.7 Å². The van der Waals surface area contributed by atoms with E-state index in [2.05, 4.69) is 46.1 Å². The highest BCUT2D eigenvalue weighted by Gasteiger charge is 2.16. The van der Waals surface area contributed by atoms with Gasteiger partial charge in [0.2, 0.25) is 0 Å². The highest BCUT2D eigenvalue weighted by Crippen LogP contribution is 2.23. The van der Waals surface area contributed by atoms with E-state index in [1.165, 1.54) is 11.1 Å². The molecule has 4 nitrogen and oxygen atoms in total. The first-order chi connectivity index (χ1) is 9.76. The Morgan fingerprint density at radius 2 is 2.00 bits per heavy atom. The summed E-state index contributed by atoms with van der Waals surface area (Å²) in [5, 5.41) is 0. The normalized spacial score (nSPS) is 14.8. The average molecular weight is 268 g/mol. The first-order valence-electron chi connectivity index (χ1n) is 7.21. The average Bonchev–Trinajstić information content (AvgIpc) is 2.68. The minimum Gasteiger partial charge on any atom is -0.384 e. The Kier molecular flexibility index (Phi) is 3.54. The highest BCUT2D eigenvalue weighted by atomic mass is 15.2. The summed E-state index contributed by atoms with van der Waals surface area (Å²) >= 11 is 0. The maximum atomic E-state index is 5.90. The van der Waals surface area contributed by atoms with Crippen LogP contribution in [0, 0.1) is 0 Å². The van der Waals surface area contributed by atoms with Crippen molar-refractivity contribution in [2.75, 3.05) is 17.2 Å². The van der Waals surface area contributed by atoms with Crippen LogP contribution in [0.2, 0.25) is 0 Å². The summed E-state index contributed by atoms with van der Waals surface area (Å²) in [6.45, 7) is 3.96. The van der Waals surface area contributed by atoms with Crippen molar-refractivity contribution in [3.05, 3.63) is 47.3 Å². The number of nitrogens with zero attached hydrogens (tertiary/aromatic N) is 3. The number of rotatable bonds is 2. The number of anilines is 2. The van der Waals surface area contributed by atoms with E-state index >= 15 is 0 Å². The van der Waals surface area contributed by atoms with Gasteiger partial charge in [-0.3, -0.25) is 0 Å². The van der Waals surface area contributed by atoms with E-state index in [-0.39, 0.29) is 0 Å². The molecule has 0 unspecified atom stereocenters. The largest absolute Gasteiger partial charge is 0.384 e. The molecular weight excluding hydrogens is 248 g/mol. The second kappa shape index (κ2) is 5.49. The van der Waals surface area contributed by atoms with Gasteiger partial charge in [-0.25, -0.2) is 9.97 Å². The monoisotopic (exact) mass is 268 g/mol. The van der Waals surface area contributed by atoms with Crippen LogP contribution >= 0.6 is 0 Å². The van der Waals surface area contributed by atoms with E-state index in [0.717, 1.165) is 44.0 Å². The van der Waals surface area contributed by atoms with Gasteiger partial charge in [0.15, 0.2) is 0 Å². The Morgan fingerprint density at radius 3 is 2.80 bits per heavy atom. The molecule has 2 aromatic rings. The Morgan fingerprint density at radius 1 is 1.20 bits per heavy atom. The van der Waals surface area contributed by atoms with Gasteiger partial charge >= 0.3 is 0 Å². The lowest BCUT2D eigenvalue weighted by atomic mass is 10.0. The summed E-state index contributed by atoms with van der Waals surface area (Å²) in [6.07, 6.45) is 3.08. The van der Waals surface area contributed by atoms with Crippen molar-refractivity contribution in [1.82, 2.24) is 9.97 Å². The molecule has 0 saturated heterocycles. The lowest BCUT2D eigenvalue weighted by Gasteiger charge is -2.22. The van der Waals surface area contributed by atoms with Crippen molar-refractivity contribution in [1.29, 1.82) is 0 Å². The van der Waals surface area contributed by atoms with E-state index in [1.54, 1.807) is 0 Å². The van der Waals surface area contributed by atoms with Gasteiger partial charge in [-0.05, 0) is 24.0 Å². The minimum absolute atomic E-state index is 0.560. The van der Waals surface area contributed by atoms with E-state index in [1.807, 2.05) is 6.07 Å². The zero-order chi connectivity index (χ0) is 13.9. The van der Waals surface area contributed by atoms with Gasteiger partial charge in [0, 0.05) is 25.6 Å². The van der Waals surface area contributed by atoms with Crippen LogP contribution < -0.4 is 10.6 Å². The number of nitrogen functional groups attached to an aromatic ring is 1. The molecule has 0 fully saturated rings. The summed E-state index contributed by atoms with van der Waals surface area (Å²) in [7, 11) is 0. The van der Waals surface area contributed by atoms with Crippen LogP contribution in [-0.4, -0.2) is 16.5 Å². The number of fused-ring (bicyclic) bond motifs is 1. The molecule has 0 saturated carbocycles. The van der Waals surface area contributed by atoms with Gasteiger partial charge in [0.25, 0.3) is 0 Å². The summed E-state index contributed by atoms with van der Waals surface area (Å²) in [6, 6.07) is 10.5. The molecule has 0 amide bonds. The van der Waals surface area contributed by atoms with Crippen molar-refractivity contribution < 1.29 is 0 Å².